The standard InChI is InChI=1S/C46H56N12O3/c1-31-25-33(5-6-34(31)26-49-43(60)35-27-50-58(30-35)46(2,3)4)39-15-18-47-45(53-39)52-36-7-10-38(11-8-36)56-23-21-55(22-24-56)29-32-16-19-57(20-17-32)41-13-9-37(28-48-41)51-40-12-14-42(59)54-44(40)61/h5-11,13,15,18,25,27-28,30,32,40,51H,12,14,16-17,19-24,26,29H2,1-4H3,(H,49,60)(H,47,52,53)(H,54,59,61). The molecule has 3 amide bonds. The van der Waals surface area contributed by atoms with Gasteiger partial charge in [-0.25, -0.2) is 15.0 Å². The third-order valence-electron chi connectivity index (χ3n) is 11.9. The molecule has 5 aromatic rings. The van der Waals surface area contributed by atoms with Crippen LogP contribution in [0, 0.1) is 12.8 Å². The zero-order valence-electron chi connectivity index (χ0n) is 35.5. The van der Waals surface area contributed by atoms with E-state index in [1.165, 1.54) is 5.69 Å². The monoisotopic (exact) mass is 824 g/mol. The van der Waals surface area contributed by atoms with Crippen LogP contribution in [0.1, 0.15) is 67.9 Å². The molecule has 15 heteroatoms. The number of amides is 3. The van der Waals surface area contributed by atoms with E-state index < -0.39 is 6.04 Å². The largest absolute Gasteiger partial charge is 0.372 e. The highest BCUT2D eigenvalue weighted by molar-refractivity contribution is 6.01. The Bertz CT molecular complexity index is 2320. The summed E-state index contributed by atoms with van der Waals surface area (Å²) in [6, 6.07) is 20.2. The lowest BCUT2D eigenvalue weighted by molar-refractivity contribution is -0.133. The quantitative estimate of drug-likeness (QED) is 0.113. The number of rotatable bonds is 12. The van der Waals surface area contributed by atoms with Gasteiger partial charge in [0.15, 0.2) is 0 Å². The summed E-state index contributed by atoms with van der Waals surface area (Å²) in [6.45, 7) is 15.8. The van der Waals surface area contributed by atoms with E-state index in [1.54, 1.807) is 29.5 Å². The summed E-state index contributed by atoms with van der Waals surface area (Å²) in [5.41, 5.74) is 7.18. The van der Waals surface area contributed by atoms with Gasteiger partial charge in [-0.3, -0.25) is 29.3 Å². The van der Waals surface area contributed by atoms with Crippen molar-refractivity contribution >= 4 is 46.5 Å². The van der Waals surface area contributed by atoms with Crippen LogP contribution in [0.5, 0.6) is 0 Å². The van der Waals surface area contributed by atoms with Crippen molar-refractivity contribution in [1.82, 2.24) is 40.3 Å². The number of piperidine rings is 2. The van der Waals surface area contributed by atoms with Gasteiger partial charge in [0.1, 0.15) is 11.9 Å². The number of benzene rings is 2. The van der Waals surface area contributed by atoms with Crippen LogP contribution in [-0.4, -0.2) is 99.2 Å². The molecule has 15 nitrogen and oxygen atoms in total. The normalized spacial score (nSPS) is 17.9. The number of pyridine rings is 1. The smallest absolute Gasteiger partial charge is 0.254 e. The van der Waals surface area contributed by atoms with E-state index >= 15 is 0 Å². The van der Waals surface area contributed by atoms with E-state index in [0.29, 0.717) is 36.8 Å². The van der Waals surface area contributed by atoms with E-state index in [4.69, 9.17) is 4.98 Å². The molecule has 8 rings (SSSR count). The summed E-state index contributed by atoms with van der Waals surface area (Å²) in [7, 11) is 0. The fourth-order valence-corrected chi connectivity index (χ4v) is 8.19. The molecule has 0 saturated carbocycles. The summed E-state index contributed by atoms with van der Waals surface area (Å²) in [4.78, 5) is 57.8. The Labute approximate surface area is 357 Å². The van der Waals surface area contributed by atoms with E-state index in [-0.39, 0.29) is 23.3 Å². The zero-order valence-corrected chi connectivity index (χ0v) is 35.5. The number of piperazine rings is 1. The minimum Gasteiger partial charge on any atom is -0.372 e. The summed E-state index contributed by atoms with van der Waals surface area (Å²) in [5, 5.41) is 16.3. The second-order valence-electron chi connectivity index (χ2n) is 17.4. The minimum absolute atomic E-state index is 0.149. The lowest BCUT2D eigenvalue weighted by Gasteiger charge is -2.40. The highest BCUT2D eigenvalue weighted by atomic mass is 16.2. The van der Waals surface area contributed by atoms with E-state index in [2.05, 4.69) is 81.4 Å². The predicted molar refractivity (Wildman–Crippen MR) is 238 cm³/mol. The molecule has 4 N–H and O–H groups in total. The van der Waals surface area contributed by atoms with Gasteiger partial charge in [-0.1, -0.05) is 12.1 Å². The number of anilines is 5. The molecular formula is C46H56N12O3. The van der Waals surface area contributed by atoms with Crippen LogP contribution in [0.15, 0.2) is 85.5 Å². The Balaban J connectivity index is 0.764. The average molecular weight is 825 g/mol. The summed E-state index contributed by atoms with van der Waals surface area (Å²) >= 11 is 0. The number of carbonyl (C=O) groups excluding carboxylic acids is 3. The minimum atomic E-state index is -0.410. The fourth-order valence-electron chi connectivity index (χ4n) is 8.19. The van der Waals surface area contributed by atoms with Gasteiger partial charge in [-0.15, -0.1) is 0 Å². The highest BCUT2D eigenvalue weighted by Gasteiger charge is 2.28. The number of imide groups is 1. The zero-order chi connectivity index (χ0) is 42.5. The summed E-state index contributed by atoms with van der Waals surface area (Å²) < 4.78 is 1.80. The maximum Gasteiger partial charge on any atom is 0.254 e. The van der Waals surface area contributed by atoms with Crippen LogP contribution in [0.3, 0.4) is 0 Å². The van der Waals surface area contributed by atoms with Crippen molar-refractivity contribution < 1.29 is 14.4 Å². The van der Waals surface area contributed by atoms with Crippen LogP contribution < -0.4 is 31.1 Å². The molecule has 0 aliphatic carbocycles. The van der Waals surface area contributed by atoms with Gasteiger partial charge in [0.05, 0.1) is 34.9 Å². The SMILES string of the molecule is Cc1cc(-c2ccnc(Nc3ccc(N4CCN(CC5CCN(c6ccc(NC7CCC(=O)NC7=O)cn6)CC5)CC4)cc3)n2)ccc1CNC(=O)c1cnn(C(C)(C)C)c1. The Kier molecular flexibility index (Phi) is 12.3. The lowest BCUT2D eigenvalue weighted by Crippen LogP contribution is -2.49. The van der Waals surface area contributed by atoms with Crippen molar-refractivity contribution in [2.24, 2.45) is 5.92 Å². The number of carbonyl (C=O) groups is 3. The van der Waals surface area contributed by atoms with Crippen LogP contribution >= 0.6 is 0 Å². The van der Waals surface area contributed by atoms with E-state index in [1.807, 2.05) is 58.0 Å². The molecule has 3 aliphatic rings. The maximum absolute atomic E-state index is 12.8. The van der Waals surface area contributed by atoms with Gasteiger partial charge in [0.25, 0.3) is 5.91 Å². The Hall–Kier alpha value is -6.35. The first kappa shape index (κ1) is 41.4. The second-order valence-corrected chi connectivity index (χ2v) is 17.4. The van der Waals surface area contributed by atoms with Gasteiger partial charge in [-0.05, 0) is 113 Å². The topological polar surface area (TPSA) is 166 Å². The molecule has 2 aromatic carbocycles. The molecule has 0 radical (unpaired) electrons. The highest BCUT2D eigenvalue weighted by Crippen LogP contribution is 2.27. The van der Waals surface area contributed by atoms with Gasteiger partial charge < -0.3 is 25.8 Å². The molecule has 3 fully saturated rings. The molecule has 318 valence electrons. The van der Waals surface area contributed by atoms with Crippen LogP contribution in [0.25, 0.3) is 11.3 Å². The van der Waals surface area contributed by atoms with Crippen molar-refractivity contribution in [1.29, 1.82) is 0 Å². The number of nitrogens with one attached hydrogen (secondary N) is 4. The lowest BCUT2D eigenvalue weighted by atomic mass is 9.96. The van der Waals surface area contributed by atoms with Gasteiger partial charge in [-0.2, -0.15) is 5.10 Å². The Morgan fingerprint density at radius 1 is 0.852 bits per heavy atom. The summed E-state index contributed by atoms with van der Waals surface area (Å²) in [5.74, 6) is 1.52. The number of nitrogens with zero attached hydrogens (tertiary/aromatic N) is 8. The molecule has 1 atom stereocenters. The van der Waals surface area contributed by atoms with Gasteiger partial charge in [0.2, 0.25) is 17.8 Å². The molecule has 0 bridgehead atoms. The maximum atomic E-state index is 12.8. The van der Waals surface area contributed by atoms with Crippen molar-refractivity contribution in [3.63, 3.8) is 0 Å². The van der Waals surface area contributed by atoms with Crippen molar-refractivity contribution in [2.45, 2.75) is 71.5 Å². The third kappa shape index (κ3) is 10.3. The first-order valence-electron chi connectivity index (χ1n) is 21.4. The molecule has 3 aromatic heterocycles. The third-order valence-corrected chi connectivity index (χ3v) is 11.9. The van der Waals surface area contributed by atoms with E-state index in [9.17, 15) is 14.4 Å². The number of hydrogen-bond acceptors (Lipinski definition) is 12. The number of hydrogen-bond donors (Lipinski definition) is 4. The number of aryl methyl sites for hydroxylation is 1. The first-order valence-corrected chi connectivity index (χ1v) is 21.4. The fraction of sp³-hybridized carbons (Fsp3) is 0.413. The van der Waals surface area contributed by atoms with Crippen LogP contribution in [0.2, 0.25) is 0 Å². The van der Waals surface area contributed by atoms with Gasteiger partial charge >= 0.3 is 0 Å². The Morgan fingerprint density at radius 3 is 2.31 bits per heavy atom. The molecule has 3 aliphatic heterocycles. The predicted octanol–water partition coefficient (Wildman–Crippen LogP) is 5.73. The molecule has 3 saturated heterocycles. The molecule has 61 heavy (non-hydrogen) atoms. The van der Waals surface area contributed by atoms with E-state index in [0.717, 1.165) is 98.2 Å². The van der Waals surface area contributed by atoms with Crippen molar-refractivity contribution in [3.05, 3.63) is 102 Å². The van der Waals surface area contributed by atoms with Crippen molar-refractivity contribution in [3.8, 4) is 11.3 Å². The first-order chi connectivity index (χ1) is 29.4. The Morgan fingerprint density at radius 2 is 1.62 bits per heavy atom. The van der Waals surface area contributed by atoms with Crippen molar-refractivity contribution in [2.75, 3.05) is 66.2 Å². The number of aromatic nitrogens is 5. The average Bonchev–Trinajstić information content (AvgIpc) is 3.78. The molecular weight excluding hydrogens is 769 g/mol. The van der Waals surface area contributed by atoms with Crippen LogP contribution in [-0.2, 0) is 21.7 Å². The molecule has 1 unspecified atom stereocenters. The second kappa shape index (κ2) is 18.1. The van der Waals surface area contributed by atoms with Crippen LogP contribution in [0.4, 0.5) is 28.8 Å². The molecule has 0 spiro atoms. The summed E-state index contributed by atoms with van der Waals surface area (Å²) in [6.07, 6.45) is 10.1. The molecule has 6 heterocycles. The van der Waals surface area contributed by atoms with Gasteiger partial charge in [0, 0.05) is 88.1 Å².